The smallest absolute Gasteiger partial charge is 0.291 e. The van der Waals surface area contributed by atoms with Gasteiger partial charge in [0.1, 0.15) is 0 Å². The molecule has 0 aliphatic heterocycles. The summed E-state index contributed by atoms with van der Waals surface area (Å²) in [7, 11) is 0. The average molecular weight is 416 g/mol. The molecule has 0 aliphatic carbocycles. The first kappa shape index (κ1) is 18.1. The first-order chi connectivity index (χ1) is 14.7. The summed E-state index contributed by atoms with van der Waals surface area (Å²) < 4.78 is 6.73. The first-order valence-electron chi connectivity index (χ1n) is 9.10. The number of halogens is 1. The normalized spacial score (nSPS) is 11.0. The van der Waals surface area contributed by atoms with E-state index < -0.39 is 0 Å². The maximum Gasteiger partial charge on any atom is 0.291 e. The van der Waals surface area contributed by atoms with Gasteiger partial charge in [-0.15, -0.1) is 5.10 Å². The molecule has 1 amide bonds. The molecule has 0 bridgehead atoms. The Morgan fingerprint density at radius 3 is 2.70 bits per heavy atom. The Morgan fingerprint density at radius 2 is 1.90 bits per heavy atom. The number of carbonyl (C=O) groups is 1. The van der Waals surface area contributed by atoms with E-state index in [1.165, 1.54) is 6.26 Å². The number of furan rings is 1. The molecule has 0 fully saturated rings. The van der Waals surface area contributed by atoms with Gasteiger partial charge in [0.2, 0.25) is 0 Å². The second-order valence-corrected chi connectivity index (χ2v) is 6.92. The molecule has 0 atom stereocenters. The van der Waals surface area contributed by atoms with Gasteiger partial charge in [0, 0.05) is 29.2 Å². The molecule has 5 aromatic rings. The Bertz CT molecular complexity index is 1350. The Kier molecular flexibility index (Phi) is 4.49. The second kappa shape index (κ2) is 7.46. The maximum absolute atomic E-state index is 12.2. The molecule has 1 N–H and O–H groups in total. The van der Waals surface area contributed by atoms with Crippen molar-refractivity contribution in [3.63, 3.8) is 0 Å². The summed E-state index contributed by atoms with van der Waals surface area (Å²) in [6.45, 7) is 0. The summed E-state index contributed by atoms with van der Waals surface area (Å²) in [5.41, 5.74) is 3.09. The van der Waals surface area contributed by atoms with E-state index in [0.29, 0.717) is 27.9 Å². The molecular weight excluding hydrogens is 402 g/mol. The standard InChI is InChI=1S/C22H14ClN5O2/c23-18-9-8-16(25-21(29)19-7-4-10-30-19)11-17(18)20-26-22-24-12-15(13-28(22)27-20)14-5-2-1-3-6-14/h1-13H,(H,25,29). The minimum absolute atomic E-state index is 0.218. The van der Waals surface area contributed by atoms with E-state index in [0.717, 1.165) is 11.1 Å². The van der Waals surface area contributed by atoms with Crippen molar-refractivity contribution in [2.45, 2.75) is 0 Å². The summed E-state index contributed by atoms with van der Waals surface area (Å²) in [4.78, 5) is 21.1. The van der Waals surface area contributed by atoms with E-state index >= 15 is 0 Å². The third-order valence-electron chi connectivity index (χ3n) is 4.51. The van der Waals surface area contributed by atoms with Crippen molar-refractivity contribution in [3.8, 4) is 22.5 Å². The zero-order chi connectivity index (χ0) is 20.5. The van der Waals surface area contributed by atoms with Gasteiger partial charge in [0.25, 0.3) is 11.7 Å². The van der Waals surface area contributed by atoms with Gasteiger partial charge in [0.05, 0.1) is 11.3 Å². The molecule has 7 nitrogen and oxygen atoms in total. The van der Waals surface area contributed by atoms with Crippen LogP contribution in [0.25, 0.3) is 28.3 Å². The summed E-state index contributed by atoms with van der Waals surface area (Å²) in [6.07, 6.45) is 5.06. The summed E-state index contributed by atoms with van der Waals surface area (Å²) in [5.74, 6) is 0.720. The largest absolute Gasteiger partial charge is 0.459 e. The highest BCUT2D eigenvalue weighted by molar-refractivity contribution is 6.33. The first-order valence-corrected chi connectivity index (χ1v) is 9.48. The number of anilines is 1. The van der Waals surface area contributed by atoms with E-state index in [1.807, 2.05) is 36.5 Å². The van der Waals surface area contributed by atoms with Crippen LogP contribution in [0.15, 0.2) is 83.7 Å². The molecule has 8 heteroatoms. The Morgan fingerprint density at radius 1 is 1.03 bits per heavy atom. The van der Waals surface area contributed by atoms with Crippen molar-refractivity contribution in [2.75, 3.05) is 5.32 Å². The zero-order valence-electron chi connectivity index (χ0n) is 15.5. The molecule has 30 heavy (non-hydrogen) atoms. The number of rotatable bonds is 4. The second-order valence-electron chi connectivity index (χ2n) is 6.51. The summed E-state index contributed by atoms with van der Waals surface area (Å²) >= 11 is 6.38. The molecule has 3 heterocycles. The molecule has 5 rings (SSSR count). The molecule has 2 aromatic carbocycles. The maximum atomic E-state index is 12.2. The number of hydrogen-bond donors (Lipinski definition) is 1. The number of benzene rings is 2. The Hall–Kier alpha value is -3.97. The number of amides is 1. The molecule has 0 saturated heterocycles. The summed E-state index contributed by atoms with van der Waals surface area (Å²) in [5, 5.41) is 7.77. The quantitative estimate of drug-likeness (QED) is 0.448. The molecule has 0 radical (unpaired) electrons. The summed E-state index contributed by atoms with van der Waals surface area (Å²) in [6, 6.07) is 18.2. The Labute approximate surface area is 176 Å². The highest BCUT2D eigenvalue weighted by Crippen LogP contribution is 2.29. The van der Waals surface area contributed by atoms with Gasteiger partial charge in [-0.3, -0.25) is 4.79 Å². The number of carbonyl (C=O) groups excluding carboxylic acids is 1. The van der Waals surface area contributed by atoms with E-state index in [2.05, 4.69) is 20.4 Å². The fraction of sp³-hybridized carbons (Fsp3) is 0. The number of hydrogen-bond acceptors (Lipinski definition) is 5. The van der Waals surface area contributed by atoms with E-state index in [9.17, 15) is 4.79 Å². The van der Waals surface area contributed by atoms with Gasteiger partial charge < -0.3 is 9.73 Å². The highest BCUT2D eigenvalue weighted by atomic mass is 35.5. The molecule has 0 aliphatic rings. The molecule has 0 unspecified atom stereocenters. The molecule has 0 saturated carbocycles. The molecular formula is C22H14ClN5O2. The lowest BCUT2D eigenvalue weighted by molar-refractivity contribution is 0.0996. The van der Waals surface area contributed by atoms with Crippen LogP contribution in [0.3, 0.4) is 0 Å². The number of aromatic nitrogens is 4. The Balaban J connectivity index is 1.49. The van der Waals surface area contributed by atoms with Crippen molar-refractivity contribution in [3.05, 3.63) is 90.1 Å². The van der Waals surface area contributed by atoms with Gasteiger partial charge in [-0.2, -0.15) is 4.98 Å². The van der Waals surface area contributed by atoms with Crippen LogP contribution in [0.5, 0.6) is 0 Å². The average Bonchev–Trinajstić information content (AvgIpc) is 3.45. The van der Waals surface area contributed by atoms with Crippen molar-refractivity contribution in [1.29, 1.82) is 0 Å². The molecule has 0 spiro atoms. The molecule has 3 aromatic heterocycles. The minimum Gasteiger partial charge on any atom is -0.459 e. The van der Waals surface area contributed by atoms with Crippen LogP contribution in [0.4, 0.5) is 5.69 Å². The lowest BCUT2D eigenvalue weighted by Gasteiger charge is -2.06. The van der Waals surface area contributed by atoms with Crippen LogP contribution in [-0.4, -0.2) is 25.5 Å². The van der Waals surface area contributed by atoms with Gasteiger partial charge in [-0.1, -0.05) is 41.9 Å². The van der Waals surface area contributed by atoms with E-state index in [1.54, 1.807) is 41.0 Å². The fourth-order valence-electron chi connectivity index (χ4n) is 3.05. The number of fused-ring (bicyclic) bond motifs is 1. The van der Waals surface area contributed by atoms with Crippen molar-refractivity contribution >= 4 is 29.0 Å². The van der Waals surface area contributed by atoms with Gasteiger partial charge >= 0.3 is 0 Å². The predicted octanol–water partition coefficient (Wildman–Crippen LogP) is 4.96. The van der Waals surface area contributed by atoms with Crippen molar-refractivity contribution < 1.29 is 9.21 Å². The fourth-order valence-corrected chi connectivity index (χ4v) is 3.25. The van der Waals surface area contributed by atoms with Crippen LogP contribution in [0.1, 0.15) is 10.6 Å². The van der Waals surface area contributed by atoms with Gasteiger partial charge in [-0.05, 0) is 35.9 Å². The lowest BCUT2D eigenvalue weighted by atomic mass is 10.1. The zero-order valence-corrected chi connectivity index (χ0v) is 16.2. The topological polar surface area (TPSA) is 85.3 Å². The SMILES string of the molecule is O=C(Nc1ccc(Cl)c(-c2nc3ncc(-c4ccccc4)cn3n2)c1)c1ccco1. The lowest BCUT2D eigenvalue weighted by Crippen LogP contribution is -2.10. The molecule has 146 valence electrons. The highest BCUT2D eigenvalue weighted by Gasteiger charge is 2.15. The minimum atomic E-state index is -0.356. The van der Waals surface area contributed by atoms with Crippen molar-refractivity contribution in [2.24, 2.45) is 0 Å². The van der Waals surface area contributed by atoms with Gasteiger partial charge in [0.15, 0.2) is 11.6 Å². The number of nitrogens with one attached hydrogen (secondary N) is 1. The van der Waals surface area contributed by atoms with Gasteiger partial charge in [-0.25, -0.2) is 9.50 Å². The number of nitrogens with zero attached hydrogens (tertiary/aromatic N) is 4. The third kappa shape index (κ3) is 3.42. The van der Waals surface area contributed by atoms with Crippen molar-refractivity contribution in [1.82, 2.24) is 19.6 Å². The van der Waals surface area contributed by atoms with E-state index in [-0.39, 0.29) is 11.7 Å². The third-order valence-corrected chi connectivity index (χ3v) is 4.84. The van der Waals surface area contributed by atoms with Crippen LogP contribution >= 0.6 is 11.6 Å². The van der Waals surface area contributed by atoms with Crippen LogP contribution in [0, 0.1) is 0 Å². The van der Waals surface area contributed by atoms with Crippen LogP contribution < -0.4 is 5.32 Å². The van der Waals surface area contributed by atoms with E-state index in [4.69, 9.17) is 16.0 Å². The predicted molar refractivity (Wildman–Crippen MR) is 113 cm³/mol. The monoisotopic (exact) mass is 415 g/mol. The van der Waals surface area contributed by atoms with Crippen LogP contribution in [0.2, 0.25) is 5.02 Å². The van der Waals surface area contributed by atoms with Crippen LogP contribution in [-0.2, 0) is 0 Å².